The molecule has 2 saturated heterocycles. The Kier molecular flexibility index (Phi) is 7.74. The standard InChI is InChI=1S/C24H38N4O4/c1-16(31-21-11-9-20(30-6)10-12-21)15-26-22(25-5)27-17-13-18-7-8-19(14-17)28(18)23(29)32-24(2,3)4/h9-12,16-19H,7-8,13-15H2,1-6H3,(H2,25,26,27). The first-order valence-electron chi connectivity index (χ1n) is 11.5. The largest absolute Gasteiger partial charge is 0.497 e. The lowest BCUT2D eigenvalue weighted by Crippen LogP contribution is -2.55. The number of carbonyl (C=O) groups is 1. The molecule has 0 aromatic heterocycles. The van der Waals surface area contributed by atoms with E-state index in [1.807, 2.05) is 56.9 Å². The highest BCUT2D eigenvalue weighted by molar-refractivity contribution is 5.80. The highest BCUT2D eigenvalue weighted by atomic mass is 16.6. The quantitative estimate of drug-likeness (QED) is 0.514. The topological polar surface area (TPSA) is 84.4 Å². The van der Waals surface area contributed by atoms with Crippen molar-refractivity contribution in [3.63, 3.8) is 0 Å². The molecule has 0 radical (unpaired) electrons. The van der Waals surface area contributed by atoms with E-state index in [9.17, 15) is 4.79 Å². The van der Waals surface area contributed by atoms with Gasteiger partial charge in [-0.1, -0.05) is 0 Å². The van der Waals surface area contributed by atoms with Gasteiger partial charge in [0.1, 0.15) is 23.2 Å². The molecule has 3 unspecified atom stereocenters. The second-order valence-electron chi connectivity index (χ2n) is 9.64. The summed E-state index contributed by atoms with van der Waals surface area (Å²) in [6, 6.07) is 8.28. The Morgan fingerprint density at radius 3 is 2.28 bits per heavy atom. The van der Waals surface area contributed by atoms with Crippen LogP contribution in [0.5, 0.6) is 11.5 Å². The molecule has 2 aliphatic heterocycles. The number of methoxy groups -OCH3 is 1. The van der Waals surface area contributed by atoms with Crippen LogP contribution in [0.1, 0.15) is 53.4 Å². The molecule has 32 heavy (non-hydrogen) atoms. The molecule has 2 fully saturated rings. The van der Waals surface area contributed by atoms with Crippen molar-refractivity contribution >= 4 is 12.1 Å². The lowest BCUT2D eigenvalue weighted by molar-refractivity contribution is 0.00544. The molecule has 1 aromatic rings. The van der Waals surface area contributed by atoms with Crippen LogP contribution in [0, 0.1) is 0 Å². The smallest absolute Gasteiger partial charge is 0.410 e. The molecule has 8 nitrogen and oxygen atoms in total. The lowest BCUT2D eigenvalue weighted by atomic mass is 9.98. The molecule has 1 amide bonds. The van der Waals surface area contributed by atoms with Crippen molar-refractivity contribution in [2.24, 2.45) is 4.99 Å². The molecule has 3 rings (SSSR count). The maximum Gasteiger partial charge on any atom is 0.410 e. The van der Waals surface area contributed by atoms with Crippen molar-refractivity contribution in [1.29, 1.82) is 0 Å². The molecule has 8 heteroatoms. The third-order valence-electron chi connectivity index (χ3n) is 5.86. The summed E-state index contributed by atoms with van der Waals surface area (Å²) in [5.74, 6) is 2.36. The number of ether oxygens (including phenoxy) is 3. The van der Waals surface area contributed by atoms with Crippen LogP contribution in [0.3, 0.4) is 0 Å². The molecule has 2 bridgehead atoms. The van der Waals surface area contributed by atoms with Crippen LogP contribution in [0.15, 0.2) is 29.3 Å². The predicted molar refractivity (Wildman–Crippen MR) is 125 cm³/mol. The van der Waals surface area contributed by atoms with Crippen molar-refractivity contribution < 1.29 is 19.0 Å². The fourth-order valence-corrected chi connectivity index (χ4v) is 4.46. The van der Waals surface area contributed by atoms with E-state index in [0.29, 0.717) is 6.54 Å². The summed E-state index contributed by atoms with van der Waals surface area (Å²) < 4.78 is 16.8. The van der Waals surface area contributed by atoms with Crippen molar-refractivity contribution in [2.45, 2.75) is 83.2 Å². The van der Waals surface area contributed by atoms with Gasteiger partial charge in [0.05, 0.1) is 13.7 Å². The van der Waals surface area contributed by atoms with Gasteiger partial charge in [0.15, 0.2) is 5.96 Å². The maximum absolute atomic E-state index is 12.6. The number of hydrogen-bond acceptors (Lipinski definition) is 5. The summed E-state index contributed by atoms with van der Waals surface area (Å²) in [4.78, 5) is 19.0. The van der Waals surface area contributed by atoms with Gasteiger partial charge in [0, 0.05) is 25.2 Å². The summed E-state index contributed by atoms with van der Waals surface area (Å²) in [5, 5.41) is 6.89. The average Bonchev–Trinajstić information content (AvgIpc) is 3.01. The zero-order chi connectivity index (χ0) is 23.3. The summed E-state index contributed by atoms with van der Waals surface area (Å²) in [7, 11) is 3.42. The fourth-order valence-electron chi connectivity index (χ4n) is 4.46. The Hall–Kier alpha value is -2.64. The van der Waals surface area contributed by atoms with E-state index in [1.165, 1.54) is 0 Å². The zero-order valence-corrected chi connectivity index (χ0v) is 20.2. The third kappa shape index (κ3) is 6.43. The summed E-state index contributed by atoms with van der Waals surface area (Å²) in [6.45, 7) is 8.38. The second-order valence-corrected chi connectivity index (χ2v) is 9.64. The molecule has 2 N–H and O–H groups in total. The molecule has 0 saturated carbocycles. The van der Waals surface area contributed by atoms with E-state index < -0.39 is 5.60 Å². The van der Waals surface area contributed by atoms with Gasteiger partial charge in [-0.3, -0.25) is 4.99 Å². The maximum atomic E-state index is 12.6. The van der Waals surface area contributed by atoms with Gasteiger partial charge in [-0.2, -0.15) is 0 Å². The lowest BCUT2D eigenvalue weighted by Gasteiger charge is -2.40. The predicted octanol–water partition coefficient (Wildman–Crippen LogP) is 3.56. The molecular formula is C24H38N4O4. The highest BCUT2D eigenvalue weighted by Gasteiger charge is 2.45. The number of hydrogen-bond donors (Lipinski definition) is 2. The number of nitrogens with zero attached hydrogens (tertiary/aromatic N) is 2. The molecular weight excluding hydrogens is 408 g/mol. The summed E-state index contributed by atoms with van der Waals surface area (Å²) in [5.41, 5.74) is -0.470. The van der Waals surface area contributed by atoms with Crippen LogP contribution in [0.4, 0.5) is 4.79 Å². The van der Waals surface area contributed by atoms with Gasteiger partial charge in [-0.15, -0.1) is 0 Å². The van der Waals surface area contributed by atoms with Gasteiger partial charge in [0.2, 0.25) is 0 Å². The van der Waals surface area contributed by atoms with Gasteiger partial charge >= 0.3 is 6.09 Å². The molecule has 0 aliphatic carbocycles. The molecule has 2 aliphatic rings. The van der Waals surface area contributed by atoms with Gasteiger partial charge in [0.25, 0.3) is 0 Å². The second kappa shape index (κ2) is 10.3. The number of aliphatic imine (C=N–C) groups is 1. The Morgan fingerprint density at radius 2 is 1.75 bits per heavy atom. The first-order chi connectivity index (χ1) is 15.2. The van der Waals surface area contributed by atoms with Gasteiger partial charge in [-0.25, -0.2) is 4.79 Å². The Balaban J connectivity index is 1.46. The number of fused-ring (bicyclic) bond motifs is 2. The van der Waals surface area contributed by atoms with Crippen LogP contribution >= 0.6 is 0 Å². The van der Waals surface area contributed by atoms with Crippen molar-refractivity contribution in [3.05, 3.63) is 24.3 Å². The first kappa shape index (κ1) is 24.0. The first-order valence-corrected chi connectivity index (χ1v) is 11.5. The number of benzene rings is 1. The van der Waals surface area contributed by atoms with E-state index in [2.05, 4.69) is 15.6 Å². The van der Waals surface area contributed by atoms with E-state index in [1.54, 1.807) is 14.2 Å². The number of rotatable bonds is 6. The van der Waals surface area contributed by atoms with Crippen LogP contribution in [-0.2, 0) is 4.74 Å². The normalized spacial score (nSPS) is 24.0. The summed E-state index contributed by atoms with van der Waals surface area (Å²) in [6.07, 6.45) is 3.63. The van der Waals surface area contributed by atoms with E-state index >= 15 is 0 Å². The van der Waals surface area contributed by atoms with E-state index in [0.717, 1.165) is 43.1 Å². The van der Waals surface area contributed by atoms with Crippen LogP contribution in [-0.4, -0.2) is 67.5 Å². The highest BCUT2D eigenvalue weighted by Crippen LogP contribution is 2.36. The van der Waals surface area contributed by atoms with Gasteiger partial charge in [-0.05, 0) is 77.6 Å². The fraction of sp³-hybridized carbons (Fsp3) is 0.667. The van der Waals surface area contributed by atoms with Crippen LogP contribution in [0.2, 0.25) is 0 Å². The molecule has 178 valence electrons. The third-order valence-corrected chi connectivity index (χ3v) is 5.86. The SMILES string of the molecule is CN=C(NCC(C)Oc1ccc(OC)cc1)NC1CC2CCC(C1)N2C(=O)OC(C)(C)C. The monoisotopic (exact) mass is 446 g/mol. The van der Waals surface area contributed by atoms with Crippen LogP contribution < -0.4 is 20.1 Å². The Bertz CT molecular complexity index is 776. The molecule has 2 heterocycles. The Morgan fingerprint density at radius 1 is 1.16 bits per heavy atom. The van der Waals surface area contributed by atoms with E-state index in [-0.39, 0.29) is 30.3 Å². The number of carbonyl (C=O) groups excluding carboxylic acids is 1. The van der Waals surface area contributed by atoms with Crippen molar-refractivity contribution in [2.75, 3.05) is 20.7 Å². The number of nitrogens with one attached hydrogen (secondary N) is 2. The minimum Gasteiger partial charge on any atom is -0.497 e. The van der Waals surface area contributed by atoms with Gasteiger partial charge < -0.3 is 29.7 Å². The number of piperidine rings is 1. The van der Waals surface area contributed by atoms with Crippen molar-refractivity contribution in [1.82, 2.24) is 15.5 Å². The van der Waals surface area contributed by atoms with Crippen LogP contribution in [0.25, 0.3) is 0 Å². The van der Waals surface area contributed by atoms with E-state index in [4.69, 9.17) is 14.2 Å². The Labute approximate surface area is 191 Å². The number of guanidine groups is 1. The number of amides is 1. The summed E-state index contributed by atoms with van der Waals surface area (Å²) >= 11 is 0. The molecule has 0 spiro atoms. The minimum absolute atomic E-state index is 0.0351. The van der Waals surface area contributed by atoms with Crippen molar-refractivity contribution in [3.8, 4) is 11.5 Å². The zero-order valence-electron chi connectivity index (χ0n) is 20.2. The minimum atomic E-state index is -0.470. The molecule has 1 aromatic carbocycles. The molecule has 3 atom stereocenters. The average molecular weight is 447 g/mol.